The maximum atomic E-state index is 12.2. The van der Waals surface area contributed by atoms with E-state index in [9.17, 15) is 9.59 Å². The highest BCUT2D eigenvalue weighted by Gasteiger charge is 2.16. The summed E-state index contributed by atoms with van der Waals surface area (Å²) in [6, 6.07) is 13.0. The van der Waals surface area contributed by atoms with E-state index in [1.54, 1.807) is 25.4 Å². The van der Waals surface area contributed by atoms with Crippen LogP contribution in [0.4, 0.5) is 5.82 Å². The van der Waals surface area contributed by atoms with Crippen molar-refractivity contribution in [1.82, 2.24) is 20.3 Å². The third-order valence-electron chi connectivity index (χ3n) is 5.31. The summed E-state index contributed by atoms with van der Waals surface area (Å²) in [5.74, 6) is 0.282. The van der Waals surface area contributed by atoms with Crippen LogP contribution in [0.25, 0.3) is 21.5 Å². The number of carbonyl (C=O) groups excluding carboxylic acids is 2. The van der Waals surface area contributed by atoms with E-state index >= 15 is 0 Å². The number of ether oxygens (including phenoxy) is 1. The van der Waals surface area contributed by atoms with Crippen LogP contribution in [0.1, 0.15) is 38.4 Å². The standard InChI is InChI=1S/C24H23N5O3S/c1-14(15-5-4-6-16-17(23(30)25-2)9-10-26-22(15)16)12-27-21-11-18(28-13-29-21)19-7-8-20(33-19)24(31)32-3/h4-11,13-14H,12H2,1-3H3,(H,25,30)(H,27,28,29)/t14-/m1/s1. The molecule has 4 aromatic rings. The minimum atomic E-state index is -0.365. The molecule has 168 valence electrons. The zero-order valence-corrected chi connectivity index (χ0v) is 19.3. The van der Waals surface area contributed by atoms with Crippen molar-refractivity contribution < 1.29 is 14.3 Å². The van der Waals surface area contributed by atoms with Crippen molar-refractivity contribution in [3.63, 3.8) is 0 Å². The first-order valence-electron chi connectivity index (χ1n) is 10.4. The Kier molecular flexibility index (Phi) is 6.60. The zero-order valence-electron chi connectivity index (χ0n) is 18.5. The first-order valence-corrected chi connectivity index (χ1v) is 11.2. The number of carbonyl (C=O) groups is 2. The van der Waals surface area contributed by atoms with Crippen LogP contribution in [-0.2, 0) is 4.74 Å². The van der Waals surface area contributed by atoms with Gasteiger partial charge in [0, 0.05) is 37.2 Å². The van der Waals surface area contributed by atoms with Gasteiger partial charge in [0.15, 0.2) is 0 Å². The molecule has 0 fully saturated rings. The Morgan fingerprint density at radius 2 is 1.97 bits per heavy atom. The molecule has 0 aliphatic rings. The van der Waals surface area contributed by atoms with Crippen LogP contribution in [0.15, 0.2) is 55.0 Å². The van der Waals surface area contributed by atoms with Gasteiger partial charge in [-0.1, -0.05) is 25.1 Å². The Morgan fingerprint density at radius 3 is 2.76 bits per heavy atom. The van der Waals surface area contributed by atoms with E-state index < -0.39 is 0 Å². The number of amides is 1. The first kappa shape index (κ1) is 22.3. The molecule has 8 nitrogen and oxygen atoms in total. The van der Waals surface area contributed by atoms with Crippen LogP contribution in [-0.4, -0.2) is 47.5 Å². The molecule has 9 heteroatoms. The number of aromatic nitrogens is 3. The largest absolute Gasteiger partial charge is 0.465 e. The fraction of sp³-hybridized carbons (Fsp3) is 0.208. The maximum absolute atomic E-state index is 12.2. The molecule has 2 N–H and O–H groups in total. The van der Waals surface area contributed by atoms with Gasteiger partial charge < -0.3 is 15.4 Å². The molecule has 1 amide bonds. The average molecular weight is 462 g/mol. The topological polar surface area (TPSA) is 106 Å². The number of thiophene rings is 1. The summed E-state index contributed by atoms with van der Waals surface area (Å²) >= 11 is 1.32. The van der Waals surface area contributed by atoms with Crippen LogP contribution < -0.4 is 10.6 Å². The summed E-state index contributed by atoms with van der Waals surface area (Å²) in [5, 5.41) is 6.87. The number of nitrogens with one attached hydrogen (secondary N) is 2. The minimum Gasteiger partial charge on any atom is -0.465 e. The number of para-hydroxylation sites is 1. The quantitative estimate of drug-likeness (QED) is 0.399. The van der Waals surface area contributed by atoms with Crippen molar-refractivity contribution in [2.24, 2.45) is 0 Å². The number of pyridine rings is 1. The highest BCUT2D eigenvalue weighted by atomic mass is 32.1. The lowest BCUT2D eigenvalue weighted by Gasteiger charge is -2.16. The number of hydrogen-bond donors (Lipinski definition) is 2. The van der Waals surface area contributed by atoms with Crippen molar-refractivity contribution in [2.45, 2.75) is 12.8 Å². The lowest BCUT2D eigenvalue weighted by molar-refractivity contribution is 0.0606. The Bertz CT molecular complexity index is 1320. The van der Waals surface area contributed by atoms with Crippen LogP contribution in [0.5, 0.6) is 0 Å². The van der Waals surface area contributed by atoms with Gasteiger partial charge in [0.2, 0.25) is 0 Å². The lowest BCUT2D eigenvalue weighted by atomic mass is 9.96. The number of hydrogen-bond acceptors (Lipinski definition) is 8. The summed E-state index contributed by atoms with van der Waals surface area (Å²) in [4.78, 5) is 38.5. The van der Waals surface area contributed by atoms with E-state index in [2.05, 4.69) is 32.5 Å². The maximum Gasteiger partial charge on any atom is 0.348 e. The summed E-state index contributed by atoms with van der Waals surface area (Å²) < 4.78 is 4.77. The highest BCUT2D eigenvalue weighted by Crippen LogP contribution is 2.29. The van der Waals surface area contributed by atoms with E-state index in [0.717, 1.165) is 27.0 Å². The number of nitrogens with zero attached hydrogens (tertiary/aromatic N) is 3. The lowest BCUT2D eigenvalue weighted by Crippen LogP contribution is -2.18. The second kappa shape index (κ2) is 9.74. The molecule has 0 saturated carbocycles. The van der Waals surface area contributed by atoms with Gasteiger partial charge >= 0.3 is 5.97 Å². The van der Waals surface area contributed by atoms with E-state index in [1.807, 2.05) is 30.3 Å². The van der Waals surface area contributed by atoms with Crippen LogP contribution in [0, 0.1) is 0 Å². The predicted octanol–water partition coefficient (Wildman–Crippen LogP) is 4.12. The Labute approximate surface area is 195 Å². The zero-order chi connectivity index (χ0) is 23.4. The van der Waals surface area contributed by atoms with Crippen molar-refractivity contribution in [1.29, 1.82) is 0 Å². The van der Waals surface area contributed by atoms with Gasteiger partial charge in [0.1, 0.15) is 17.0 Å². The van der Waals surface area contributed by atoms with E-state index in [0.29, 0.717) is 22.8 Å². The van der Waals surface area contributed by atoms with Crippen molar-refractivity contribution >= 4 is 39.9 Å². The average Bonchev–Trinajstić information content (AvgIpc) is 3.36. The van der Waals surface area contributed by atoms with Crippen LogP contribution in [0.2, 0.25) is 0 Å². The molecule has 1 atom stereocenters. The molecule has 3 aromatic heterocycles. The van der Waals surface area contributed by atoms with E-state index in [4.69, 9.17) is 4.74 Å². The fourth-order valence-corrected chi connectivity index (χ4v) is 4.46. The number of rotatable bonds is 7. The number of fused-ring (bicyclic) bond motifs is 1. The Hall–Kier alpha value is -3.85. The molecule has 4 rings (SSSR count). The number of benzene rings is 1. The van der Waals surface area contributed by atoms with Crippen LogP contribution >= 0.6 is 11.3 Å². The third-order valence-corrected chi connectivity index (χ3v) is 6.39. The molecule has 0 saturated heterocycles. The van der Waals surface area contributed by atoms with Crippen molar-refractivity contribution in [2.75, 3.05) is 26.0 Å². The molecule has 0 bridgehead atoms. The molecule has 0 aliphatic carbocycles. The second-order valence-corrected chi connectivity index (χ2v) is 8.49. The van der Waals surface area contributed by atoms with E-state index in [1.165, 1.54) is 24.8 Å². The number of methoxy groups -OCH3 is 1. The van der Waals surface area contributed by atoms with Gasteiger partial charge in [-0.25, -0.2) is 14.8 Å². The Balaban J connectivity index is 1.53. The Morgan fingerprint density at radius 1 is 1.12 bits per heavy atom. The van der Waals surface area contributed by atoms with Crippen molar-refractivity contribution in [3.05, 3.63) is 71.0 Å². The van der Waals surface area contributed by atoms with E-state index in [-0.39, 0.29) is 17.8 Å². The third kappa shape index (κ3) is 4.68. The number of esters is 1. The first-order chi connectivity index (χ1) is 16.0. The smallest absolute Gasteiger partial charge is 0.348 e. The van der Waals surface area contributed by atoms with Gasteiger partial charge in [-0.05, 0) is 23.8 Å². The van der Waals surface area contributed by atoms with Crippen LogP contribution in [0.3, 0.4) is 0 Å². The van der Waals surface area contributed by atoms with Gasteiger partial charge in [0.05, 0.1) is 28.8 Å². The molecular weight excluding hydrogens is 438 g/mol. The normalized spacial score (nSPS) is 11.7. The van der Waals surface area contributed by atoms with Gasteiger partial charge in [-0.15, -0.1) is 11.3 Å². The van der Waals surface area contributed by atoms with Crippen molar-refractivity contribution in [3.8, 4) is 10.6 Å². The molecule has 0 radical (unpaired) electrons. The molecule has 33 heavy (non-hydrogen) atoms. The monoisotopic (exact) mass is 461 g/mol. The molecule has 0 spiro atoms. The predicted molar refractivity (Wildman–Crippen MR) is 129 cm³/mol. The summed E-state index contributed by atoms with van der Waals surface area (Å²) in [6.07, 6.45) is 3.16. The fourth-order valence-electron chi connectivity index (χ4n) is 3.57. The number of anilines is 1. The molecule has 3 heterocycles. The van der Waals surface area contributed by atoms with Gasteiger partial charge in [0.25, 0.3) is 5.91 Å². The molecular formula is C24H23N5O3S. The minimum absolute atomic E-state index is 0.104. The molecule has 0 unspecified atom stereocenters. The van der Waals surface area contributed by atoms with Gasteiger partial charge in [-0.2, -0.15) is 0 Å². The summed E-state index contributed by atoms with van der Waals surface area (Å²) in [5.41, 5.74) is 3.18. The molecule has 1 aromatic carbocycles. The SMILES string of the molecule is CNC(=O)c1ccnc2c([C@H](C)CNc3cc(-c4ccc(C(=O)OC)s4)ncn3)cccc12. The molecule has 0 aliphatic heterocycles. The second-order valence-electron chi connectivity index (χ2n) is 7.41. The summed E-state index contributed by atoms with van der Waals surface area (Å²) in [7, 11) is 2.98. The highest BCUT2D eigenvalue weighted by molar-refractivity contribution is 7.17. The summed E-state index contributed by atoms with van der Waals surface area (Å²) in [6.45, 7) is 2.71. The van der Waals surface area contributed by atoms with Gasteiger partial charge in [-0.3, -0.25) is 9.78 Å².